The third kappa shape index (κ3) is 3.43. The van der Waals surface area contributed by atoms with Gasteiger partial charge in [0.2, 0.25) is 5.91 Å². The Bertz CT molecular complexity index is 670. The lowest BCUT2D eigenvalue weighted by Gasteiger charge is -2.37. The van der Waals surface area contributed by atoms with Gasteiger partial charge in [0.1, 0.15) is 5.82 Å². The molecule has 0 saturated carbocycles. The van der Waals surface area contributed by atoms with E-state index in [1.165, 1.54) is 30.5 Å². The monoisotopic (exact) mass is 357 g/mol. The van der Waals surface area contributed by atoms with Crippen LogP contribution in [0.1, 0.15) is 68.6 Å². The number of anilines is 1. The molecule has 6 heteroatoms. The van der Waals surface area contributed by atoms with Gasteiger partial charge in [-0.1, -0.05) is 0 Å². The highest BCUT2D eigenvalue weighted by atomic mass is 16.2. The fraction of sp³-hybridized carbons (Fsp3) is 0.750. The number of likely N-dealkylation sites (tertiary alicyclic amines) is 1. The van der Waals surface area contributed by atoms with Gasteiger partial charge >= 0.3 is 0 Å². The topological polar surface area (TPSA) is 52.6 Å². The van der Waals surface area contributed by atoms with Crippen LogP contribution in [-0.4, -0.2) is 58.9 Å². The zero-order valence-electron chi connectivity index (χ0n) is 16.2. The molecule has 142 valence electrons. The average molecular weight is 358 g/mol. The number of amides is 1. The van der Waals surface area contributed by atoms with Crippen LogP contribution in [0, 0.1) is 0 Å². The van der Waals surface area contributed by atoms with Crippen LogP contribution in [0.3, 0.4) is 0 Å². The maximum Gasteiger partial charge on any atom is 0.220 e. The van der Waals surface area contributed by atoms with Gasteiger partial charge < -0.3 is 14.7 Å². The molecule has 0 bridgehead atoms. The van der Waals surface area contributed by atoms with Gasteiger partial charge in [0, 0.05) is 51.6 Å². The summed E-state index contributed by atoms with van der Waals surface area (Å²) >= 11 is 0. The van der Waals surface area contributed by atoms with Crippen molar-refractivity contribution in [2.75, 3.05) is 38.1 Å². The smallest absolute Gasteiger partial charge is 0.220 e. The van der Waals surface area contributed by atoms with Crippen molar-refractivity contribution in [1.29, 1.82) is 0 Å². The van der Waals surface area contributed by atoms with E-state index in [4.69, 9.17) is 9.97 Å². The fourth-order valence-corrected chi connectivity index (χ4v) is 4.64. The van der Waals surface area contributed by atoms with Crippen LogP contribution in [0.4, 0.5) is 5.82 Å². The first kappa shape index (κ1) is 17.7. The molecule has 3 aliphatic heterocycles. The van der Waals surface area contributed by atoms with Crippen LogP contribution < -0.4 is 4.90 Å². The minimum absolute atomic E-state index is 0.0507. The van der Waals surface area contributed by atoms with Crippen molar-refractivity contribution in [1.82, 2.24) is 19.8 Å². The Hall–Kier alpha value is -1.69. The zero-order valence-corrected chi connectivity index (χ0v) is 16.2. The maximum atomic E-state index is 12.2. The number of fused-ring (bicyclic) bond motifs is 1. The SMILES string of the molecule is CC(=O)N1CCCCC1c1nc2c(c(N3CCCCC3)n1)CN(C)CC2. The number of rotatable bonds is 2. The second kappa shape index (κ2) is 7.51. The van der Waals surface area contributed by atoms with Gasteiger partial charge in [-0.05, 0) is 45.6 Å². The third-order valence-electron chi connectivity index (χ3n) is 6.11. The number of hydrogen-bond acceptors (Lipinski definition) is 5. The largest absolute Gasteiger partial charge is 0.356 e. The van der Waals surface area contributed by atoms with E-state index in [1.807, 2.05) is 4.90 Å². The Balaban J connectivity index is 1.74. The molecule has 0 N–H and O–H groups in total. The van der Waals surface area contributed by atoms with E-state index >= 15 is 0 Å². The van der Waals surface area contributed by atoms with Crippen LogP contribution in [0.25, 0.3) is 0 Å². The Morgan fingerprint density at radius 3 is 2.54 bits per heavy atom. The summed E-state index contributed by atoms with van der Waals surface area (Å²) in [7, 11) is 2.18. The minimum atomic E-state index is 0.0507. The third-order valence-corrected chi connectivity index (χ3v) is 6.11. The van der Waals surface area contributed by atoms with Crippen molar-refractivity contribution in [2.24, 2.45) is 0 Å². The van der Waals surface area contributed by atoms with E-state index in [-0.39, 0.29) is 11.9 Å². The normalized spacial score (nSPS) is 24.5. The number of carbonyl (C=O) groups excluding carboxylic acids is 1. The second-order valence-corrected chi connectivity index (χ2v) is 8.09. The summed E-state index contributed by atoms with van der Waals surface area (Å²) in [4.78, 5) is 29.1. The lowest BCUT2D eigenvalue weighted by Crippen LogP contribution is -2.40. The predicted octanol–water partition coefficient (Wildman–Crippen LogP) is 2.53. The molecule has 0 aromatic carbocycles. The standard InChI is InChI=1S/C20H31N5O/c1-15(26)25-12-7-4-8-18(25)19-21-17-9-13-23(2)14-16(17)20(22-19)24-10-5-3-6-11-24/h18H,3-14H2,1-2H3. The molecule has 1 aromatic heterocycles. The average Bonchev–Trinajstić information content (AvgIpc) is 2.68. The van der Waals surface area contributed by atoms with Crippen molar-refractivity contribution in [3.8, 4) is 0 Å². The molecule has 4 heterocycles. The Labute approximate surface area is 156 Å². The van der Waals surface area contributed by atoms with Gasteiger partial charge in [-0.2, -0.15) is 0 Å². The van der Waals surface area contributed by atoms with Crippen LogP contribution in [0.2, 0.25) is 0 Å². The highest BCUT2D eigenvalue weighted by Gasteiger charge is 2.31. The molecule has 1 amide bonds. The quantitative estimate of drug-likeness (QED) is 0.814. The molecule has 0 spiro atoms. The summed E-state index contributed by atoms with van der Waals surface area (Å²) in [5.41, 5.74) is 2.53. The van der Waals surface area contributed by atoms with Crippen LogP contribution in [0.5, 0.6) is 0 Å². The lowest BCUT2D eigenvalue weighted by molar-refractivity contribution is -0.132. The van der Waals surface area contributed by atoms with E-state index < -0.39 is 0 Å². The Kier molecular flexibility index (Phi) is 5.11. The summed E-state index contributed by atoms with van der Waals surface area (Å²) in [5.74, 6) is 2.17. The summed E-state index contributed by atoms with van der Waals surface area (Å²) < 4.78 is 0. The van der Waals surface area contributed by atoms with Crippen LogP contribution in [0.15, 0.2) is 0 Å². The van der Waals surface area contributed by atoms with Crippen molar-refractivity contribution in [3.05, 3.63) is 17.1 Å². The molecule has 6 nitrogen and oxygen atoms in total. The first-order valence-corrected chi connectivity index (χ1v) is 10.2. The van der Waals surface area contributed by atoms with E-state index in [0.717, 1.165) is 70.0 Å². The first-order chi connectivity index (χ1) is 12.6. The molecule has 3 aliphatic rings. The van der Waals surface area contributed by atoms with Crippen molar-refractivity contribution < 1.29 is 4.79 Å². The van der Waals surface area contributed by atoms with Crippen LogP contribution >= 0.6 is 0 Å². The highest BCUT2D eigenvalue weighted by Crippen LogP contribution is 2.34. The number of hydrogen-bond donors (Lipinski definition) is 0. The van der Waals surface area contributed by atoms with E-state index in [2.05, 4.69) is 16.8 Å². The van der Waals surface area contributed by atoms with E-state index in [9.17, 15) is 4.79 Å². The van der Waals surface area contributed by atoms with Gasteiger partial charge in [0.25, 0.3) is 0 Å². The maximum absolute atomic E-state index is 12.2. The van der Waals surface area contributed by atoms with Gasteiger partial charge in [-0.25, -0.2) is 9.97 Å². The molecule has 1 aromatic rings. The molecular weight excluding hydrogens is 326 g/mol. The molecule has 4 rings (SSSR count). The van der Waals surface area contributed by atoms with Gasteiger partial charge in [-0.3, -0.25) is 4.79 Å². The minimum Gasteiger partial charge on any atom is -0.356 e. The molecule has 1 atom stereocenters. The molecule has 0 aliphatic carbocycles. The van der Waals surface area contributed by atoms with E-state index in [1.54, 1.807) is 6.92 Å². The van der Waals surface area contributed by atoms with E-state index in [0.29, 0.717) is 0 Å². The van der Waals surface area contributed by atoms with Gasteiger partial charge in [0.05, 0.1) is 11.7 Å². The number of aromatic nitrogens is 2. The summed E-state index contributed by atoms with van der Waals surface area (Å²) in [6.07, 6.45) is 8.01. The lowest BCUT2D eigenvalue weighted by atomic mass is 9.99. The number of carbonyl (C=O) groups is 1. The van der Waals surface area contributed by atoms with Crippen LogP contribution in [-0.2, 0) is 17.8 Å². The molecule has 0 radical (unpaired) electrons. The molecule has 2 fully saturated rings. The number of likely N-dealkylation sites (N-methyl/N-ethyl adjacent to an activating group) is 1. The van der Waals surface area contributed by atoms with Gasteiger partial charge in [0.15, 0.2) is 5.82 Å². The zero-order chi connectivity index (χ0) is 18.1. The summed E-state index contributed by atoms with van der Waals surface area (Å²) in [6.45, 7) is 6.67. The Morgan fingerprint density at radius 2 is 1.77 bits per heavy atom. The fourth-order valence-electron chi connectivity index (χ4n) is 4.64. The second-order valence-electron chi connectivity index (χ2n) is 8.09. The van der Waals surface area contributed by atoms with Crippen molar-refractivity contribution in [3.63, 3.8) is 0 Å². The van der Waals surface area contributed by atoms with Gasteiger partial charge in [-0.15, -0.1) is 0 Å². The molecular formula is C20H31N5O. The Morgan fingerprint density at radius 1 is 1.00 bits per heavy atom. The first-order valence-electron chi connectivity index (χ1n) is 10.2. The summed E-state index contributed by atoms with van der Waals surface area (Å²) in [5, 5.41) is 0. The molecule has 1 unspecified atom stereocenters. The number of piperidine rings is 2. The van der Waals surface area contributed by atoms with Crippen molar-refractivity contribution >= 4 is 11.7 Å². The predicted molar refractivity (Wildman–Crippen MR) is 102 cm³/mol. The highest BCUT2D eigenvalue weighted by molar-refractivity contribution is 5.73. The molecule has 2 saturated heterocycles. The summed E-state index contributed by atoms with van der Waals surface area (Å²) in [6, 6.07) is 0.0507. The number of nitrogens with zero attached hydrogens (tertiary/aromatic N) is 5. The van der Waals surface area contributed by atoms with Crippen molar-refractivity contribution in [2.45, 2.75) is 64.5 Å². The molecule has 26 heavy (non-hydrogen) atoms.